The summed E-state index contributed by atoms with van der Waals surface area (Å²) in [6, 6.07) is 0.217. The van der Waals surface area contributed by atoms with Crippen LogP contribution in [0.3, 0.4) is 0 Å². The summed E-state index contributed by atoms with van der Waals surface area (Å²) in [5.41, 5.74) is -0.321. The van der Waals surface area contributed by atoms with E-state index in [1.54, 1.807) is 20.8 Å². The number of imide groups is 2. The van der Waals surface area contributed by atoms with Crippen molar-refractivity contribution in [2.75, 3.05) is 13.2 Å². The maximum Gasteiger partial charge on any atom is 0.331 e. The number of nitrogens with zero attached hydrogens (tertiary/aromatic N) is 1. The molecule has 192 valence electrons. The monoisotopic (exact) mass is 577 g/mol. The zero-order valence-corrected chi connectivity index (χ0v) is 21.7. The molecule has 13 heteroatoms. The van der Waals surface area contributed by atoms with Crippen LogP contribution < -0.4 is 10.0 Å². The van der Waals surface area contributed by atoms with Crippen LogP contribution in [0.1, 0.15) is 45.2 Å². The van der Waals surface area contributed by atoms with Gasteiger partial charge in [-0.2, -0.15) is 0 Å². The van der Waals surface area contributed by atoms with Crippen LogP contribution in [-0.4, -0.2) is 63.3 Å². The van der Waals surface area contributed by atoms with Gasteiger partial charge in [0, 0.05) is 40.7 Å². The Morgan fingerprint density at radius 2 is 1.91 bits per heavy atom. The van der Waals surface area contributed by atoms with Crippen molar-refractivity contribution in [3.05, 3.63) is 34.1 Å². The predicted octanol–water partition coefficient (Wildman–Crippen LogP) is 2.46. The first-order chi connectivity index (χ1) is 16.3. The van der Waals surface area contributed by atoms with Gasteiger partial charge in [0.15, 0.2) is 17.9 Å². The Morgan fingerprint density at radius 1 is 1.29 bits per heavy atom. The van der Waals surface area contributed by atoms with E-state index in [9.17, 15) is 28.1 Å². The smallest absolute Gasteiger partial charge is 0.331 e. The van der Waals surface area contributed by atoms with E-state index in [2.05, 4.69) is 20.7 Å². The van der Waals surface area contributed by atoms with Crippen molar-refractivity contribution in [1.82, 2.24) is 14.9 Å². The quantitative estimate of drug-likeness (QED) is 0.376. The van der Waals surface area contributed by atoms with Crippen LogP contribution in [0.2, 0.25) is 0 Å². The number of amides is 4. The topological polar surface area (TPSA) is 128 Å². The Labute approximate surface area is 212 Å². The molecule has 2 N–H and O–H groups in total. The van der Waals surface area contributed by atoms with Gasteiger partial charge in [0.1, 0.15) is 16.6 Å². The second-order valence-corrected chi connectivity index (χ2v) is 12.1. The Balaban J connectivity index is 1.95. The number of hydrogen-bond acceptors (Lipinski definition) is 7. The van der Waals surface area contributed by atoms with Crippen LogP contribution in [0.15, 0.2) is 22.7 Å². The highest BCUT2D eigenvalue weighted by molar-refractivity contribution is 9.10. The first-order valence-electron chi connectivity index (χ1n) is 10.9. The molecule has 0 saturated carbocycles. The summed E-state index contributed by atoms with van der Waals surface area (Å²) >= 11 is 1.21. The van der Waals surface area contributed by atoms with Gasteiger partial charge >= 0.3 is 6.03 Å². The number of carbonyl (C=O) groups excluding carboxylic acids is 4. The lowest BCUT2D eigenvalue weighted by atomic mass is 9.89. The minimum Gasteiger partial charge on any atom is -0.598 e. The number of hydrogen-bond donors (Lipinski definition) is 2. The van der Waals surface area contributed by atoms with Crippen LogP contribution in [-0.2, 0) is 30.5 Å². The number of Topliss-reactive ketones (excluding diaryl/α,β-unsaturated/α-hetero) is 1. The molecule has 0 radical (unpaired) electrons. The average molecular weight is 578 g/mol. The second kappa shape index (κ2) is 11.0. The van der Waals surface area contributed by atoms with Gasteiger partial charge in [0.05, 0.1) is 0 Å². The molecule has 0 aliphatic carbocycles. The van der Waals surface area contributed by atoms with Gasteiger partial charge in [-0.25, -0.2) is 13.6 Å². The molecule has 4 amide bonds. The van der Waals surface area contributed by atoms with Crippen LogP contribution >= 0.6 is 15.9 Å². The van der Waals surface area contributed by atoms with E-state index in [0.29, 0.717) is 17.3 Å². The fourth-order valence-corrected chi connectivity index (χ4v) is 4.99. The number of barbiturate groups is 1. The van der Waals surface area contributed by atoms with E-state index >= 15 is 4.39 Å². The molecule has 2 fully saturated rings. The molecule has 9 nitrogen and oxygen atoms in total. The molecule has 2 aliphatic rings. The Hall–Kier alpha value is -1.93. The van der Waals surface area contributed by atoms with Crippen LogP contribution in [0.5, 0.6) is 0 Å². The third-order valence-electron chi connectivity index (χ3n) is 5.68. The predicted molar refractivity (Wildman–Crippen MR) is 125 cm³/mol. The van der Waals surface area contributed by atoms with Gasteiger partial charge in [-0.1, -0.05) is 15.9 Å². The van der Waals surface area contributed by atoms with Crippen LogP contribution in [0.25, 0.3) is 0 Å². The Morgan fingerprint density at radius 3 is 2.51 bits per heavy atom. The van der Waals surface area contributed by atoms with Crippen LogP contribution in [0.4, 0.5) is 13.6 Å². The van der Waals surface area contributed by atoms with Crippen molar-refractivity contribution in [1.29, 1.82) is 0 Å². The zero-order chi connectivity index (χ0) is 26.1. The van der Waals surface area contributed by atoms with Crippen molar-refractivity contribution in [3.63, 3.8) is 0 Å². The van der Waals surface area contributed by atoms with E-state index < -0.39 is 69.7 Å². The maximum atomic E-state index is 15.8. The summed E-state index contributed by atoms with van der Waals surface area (Å²) in [6.45, 7) is 5.32. The number of alkyl halides is 1. The van der Waals surface area contributed by atoms with Crippen molar-refractivity contribution in [2.45, 2.75) is 56.6 Å². The molecule has 35 heavy (non-hydrogen) atoms. The molecule has 0 spiro atoms. The summed E-state index contributed by atoms with van der Waals surface area (Å²) in [6.07, 6.45) is -2.05. The molecule has 2 saturated heterocycles. The summed E-state index contributed by atoms with van der Waals surface area (Å²) in [5, 5.41) is 1.94. The molecule has 0 aromatic heterocycles. The number of rotatable bonds is 7. The highest BCUT2D eigenvalue weighted by atomic mass is 79.9. The first-order valence-corrected chi connectivity index (χ1v) is 12.8. The fraction of sp³-hybridized carbons (Fsp3) is 0.545. The third kappa shape index (κ3) is 6.08. The molecule has 2 heterocycles. The summed E-state index contributed by atoms with van der Waals surface area (Å²) in [5.74, 6) is -6.93. The fourth-order valence-electron chi connectivity index (χ4n) is 3.78. The number of urea groups is 1. The molecule has 1 aromatic carbocycles. The van der Waals surface area contributed by atoms with E-state index in [1.165, 1.54) is 12.1 Å². The molecular formula is C22H26BrF2N3O6S. The first kappa shape index (κ1) is 27.7. The van der Waals surface area contributed by atoms with Crippen LogP contribution in [0, 0.1) is 11.7 Å². The third-order valence-corrected chi connectivity index (χ3v) is 7.76. The van der Waals surface area contributed by atoms with Crippen molar-refractivity contribution >= 4 is 50.9 Å². The molecule has 4 atom stereocenters. The van der Waals surface area contributed by atoms with Crippen molar-refractivity contribution in [3.8, 4) is 0 Å². The zero-order valence-electron chi connectivity index (χ0n) is 19.3. The van der Waals surface area contributed by atoms with Crippen molar-refractivity contribution in [2.24, 2.45) is 5.92 Å². The number of halogens is 3. The summed E-state index contributed by atoms with van der Waals surface area (Å²) in [7, 11) is 0. The average Bonchev–Trinajstić information content (AvgIpc) is 2.78. The lowest BCUT2D eigenvalue weighted by Crippen LogP contribution is -2.64. The SMILES string of the molecule is CC(C)(C)[S+]([O-])N[C@@H](c1cc(Br)ccc1F)[C@@H](F)C(=O)C1C(=O)NC(=O)N(C2CCOCC2)C1=O. The molecular weight excluding hydrogens is 552 g/mol. The van der Waals surface area contributed by atoms with E-state index in [4.69, 9.17) is 4.74 Å². The minimum absolute atomic E-state index is 0.271. The van der Waals surface area contributed by atoms with Gasteiger partial charge in [-0.05, 0) is 51.8 Å². The minimum atomic E-state index is -2.64. The summed E-state index contributed by atoms with van der Waals surface area (Å²) < 4.78 is 50.4. The largest absolute Gasteiger partial charge is 0.598 e. The van der Waals surface area contributed by atoms with Gasteiger partial charge in [-0.15, -0.1) is 4.72 Å². The number of nitrogens with one attached hydrogen (secondary N) is 2. The number of ether oxygens (including phenoxy) is 1. The normalized spacial score (nSPS) is 22.5. The highest BCUT2D eigenvalue weighted by Crippen LogP contribution is 2.31. The highest BCUT2D eigenvalue weighted by Gasteiger charge is 2.51. The Kier molecular flexibility index (Phi) is 8.69. The van der Waals surface area contributed by atoms with E-state index in [0.717, 1.165) is 11.0 Å². The van der Waals surface area contributed by atoms with Gasteiger partial charge < -0.3 is 9.29 Å². The summed E-state index contributed by atoms with van der Waals surface area (Å²) in [4.78, 5) is 51.9. The van der Waals surface area contributed by atoms with Crippen molar-refractivity contribution < 1.29 is 37.2 Å². The van der Waals surface area contributed by atoms with E-state index in [1.807, 2.05) is 5.32 Å². The van der Waals surface area contributed by atoms with Gasteiger partial charge in [-0.3, -0.25) is 24.6 Å². The molecule has 3 rings (SSSR count). The molecule has 2 unspecified atom stereocenters. The number of benzene rings is 1. The lowest BCUT2D eigenvalue weighted by Gasteiger charge is -2.37. The number of carbonyl (C=O) groups is 4. The molecule has 2 aliphatic heterocycles. The maximum absolute atomic E-state index is 15.8. The van der Waals surface area contributed by atoms with Gasteiger partial charge in [0.2, 0.25) is 5.91 Å². The lowest BCUT2D eigenvalue weighted by molar-refractivity contribution is -0.151. The molecule has 0 bridgehead atoms. The Bertz CT molecular complexity index is 1020. The van der Waals surface area contributed by atoms with E-state index in [-0.39, 0.29) is 18.8 Å². The van der Waals surface area contributed by atoms with Gasteiger partial charge in [0.25, 0.3) is 5.91 Å². The number of ketones is 1. The molecule has 1 aromatic rings. The standard InChI is InChI=1S/C22H26BrF2N3O6S/c1-22(2,3)35(33)27-17(13-10-11(23)4-5-14(13)24)16(25)18(29)15-19(30)26-21(32)28(20(15)31)12-6-8-34-9-7-12/h4-5,10,12,15-17,27H,6-9H2,1-3H3,(H,26,30,32)/t15?,16-,17+,35?/m1/s1. The second-order valence-electron chi connectivity index (χ2n) is 9.23.